The summed E-state index contributed by atoms with van der Waals surface area (Å²) >= 11 is 0. The van der Waals surface area contributed by atoms with Gasteiger partial charge in [-0.05, 0) is 22.4 Å². The molecule has 4 nitrogen and oxygen atoms in total. The number of hydrogen-bond donors (Lipinski definition) is 1. The largest absolute Gasteiger partial charge is 0.397 e. The van der Waals surface area contributed by atoms with Crippen molar-refractivity contribution in [3.63, 3.8) is 0 Å². The zero-order valence-corrected chi connectivity index (χ0v) is 5.11. The number of nitrogen functional groups attached to an aromatic ring is 1. The zero-order chi connectivity index (χ0) is 6.97. The second kappa shape index (κ2) is 1.70. The molecule has 0 fully saturated rings. The van der Waals surface area contributed by atoms with Crippen molar-refractivity contribution in [1.29, 1.82) is 0 Å². The van der Waals surface area contributed by atoms with Gasteiger partial charge in [0.15, 0.2) is 5.52 Å². The Labute approximate surface area is 56.6 Å². The van der Waals surface area contributed by atoms with Gasteiger partial charge in [0.2, 0.25) is 0 Å². The summed E-state index contributed by atoms with van der Waals surface area (Å²) in [6.45, 7) is 0. The third-order valence-electron chi connectivity index (χ3n) is 1.32. The van der Waals surface area contributed by atoms with Gasteiger partial charge in [-0.15, -0.1) is 0 Å². The Morgan fingerprint density at radius 3 is 3.00 bits per heavy atom. The number of rotatable bonds is 0. The van der Waals surface area contributed by atoms with Gasteiger partial charge in [0, 0.05) is 0 Å². The molecule has 2 N–H and O–H groups in total. The van der Waals surface area contributed by atoms with Crippen LogP contribution in [0, 0.1) is 0 Å². The Kier molecular flexibility index (Phi) is 0.887. The van der Waals surface area contributed by atoms with Crippen molar-refractivity contribution in [2.45, 2.75) is 0 Å². The lowest BCUT2D eigenvalue weighted by Crippen LogP contribution is -1.84. The maximum atomic E-state index is 5.54. The van der Waals surface area contributed by atoms with Crippen LogP contribution in [0.2, 0.25) is 0 Å². The number of anilines is 1. The highest BCUT2D eigenvalue weighted by Gasteiger charge is 2.00. The van der Waals surface area contributed by atoms with Crippen molar-refractivity contribution < 1.29 is 4.63 Å². The van der Waals surface area contributed by atoms with Crippen LogP contribution in [-0.4, -0.2) is 10.3 Å². The highest BCUT2D eigenvalue weighted by Crippen LogP contribution is 2.15. The van der Waals surface area contributed by atoms with E-state index in [1.807, 2.05) is 6.07 Å². The summed E-state index contributed by atoms with van der Waals surface area (Å²) in [5, 5.41) is 7.22. The van der Waals surface area contributed by atoms with Gasteiger partial charge in [0.1, 0.15) is 5.52 Å². The van der Waals surface area contributed by atoms with Crippen molar-refractivity contribution >= 4 is 16.7 Å². The van der Waals surface area contributed by atoms with Gasteiger partial charge in [-0.2, -0.15) is 0 Å². The second-order valence-corrected chi connectivity index (χ2v) is 1.98. The summed E-state index contributed by atoms with van der Waals surface area (Å²) in [4.78, 5) is 0. The Morgan fingerprint density at radius 1 is 1.30 bits per heavy atom. The first-order chi connectivity index (χ1) is 4.88. The molecule has 0 unspecified atom stereocenters. The fourth-order valence-electron chi connectivity index (χ4n) is 0.827. The summed E-state index contributed by atoms with van der Waals surface area (Å²) in [7, 11) is 0. The lowest BCUT2D eigenvalue weighted by molar-refractivity contribution is 0.315. The fraction of sp³-hybridized carbons (Fsp3) is 0. The molecule has 0 atom stereocenters. The number of aromatic nitrogens is 2. The van der Waals surface area contributed by atoms with Crippen LogP contribution in [-0.2, 0) is 0 Å². The number of hydrogen-bond acceptors (Lipinski definition) is 4. The van der Waals surface area contributed by atoms with Crippen molar-refractivity contribution in [2.24, 2.45) is 0 Å². The number of fused-ring (bicyclic) bond motifs is 1. The number of nitrogens with two attached hydrogens (primary N) is 1. The molecule has 1 aromatic heterocycles. The molecule has 0 saturated heterocycles. The molecule has 0 radical (unpaired) electrons. The van der Waals surface area contributed by atoms with Crippen LogP contribution in [0.15, 0.2) is 22.8 Å². The third kappa shape index (κ3) is 0.556. The molecule has 50 valence electrons. The van der Waals surface area contributed by atoms with Gasteiger partial charge < -0.3 is 5.73 Å². The quantitative estimate of drug-likeness (QED) is 0.543. The highest BCUT2D eigenvalue weighted by atomic mass is 16.6. The maximum Gasteiger partial charge on any atom is 0.158 e. The lowest BCUT2D eigenvalue weighted by Gasteiger charge is -1.87. The van der Waals surface area contributed by atoms with E-state index >= 15 is 0 Å². The first kappa shape index (κ1) is 5.22. The molecule has 2 rings (SSSR count). The molecule has 0 bridgehead atoms. The van der Waals surface area contributed by atoms with E-state index in [-0.39, 0.29) is 0 Å². The van der Waals surface area contributed by atoms with Gasteiger partial charge in [-0.25, -0.2) is 4.63 Å². The standard InChI is InChI=1S/C6H5N3O/c7-4-2-1-3-5-6(4)9-10-8-5/h1-3H,7H2. The third-order valence-corrected chi connectivity index (χ3v) is 1.32. The van der Waals surface area contributed by atoms with Crippen LogP contribution in [0.25, 0.3) is 11.0 Å². The lowest BCUT2D eigenvalue weighted by atomic mass is 10.3. The molecule has 1 aromatic carbocycles. The minimum Gasteiger partial charge on any atom is -0.397 e. The van der Waals surface area contributed by atoms with Crippen LogP contribution in [0.5, 0.6) is 0 Å². The molecule has 0 spiro atoms. The van der Waals surface area contributed by atoms with Crippen LogP contribution >= 0.6 is 0 Å². The van der Waals surface area contributed by atoms with E-state index in [1.165, 1.54) is 0 Å². The summed E-state index contributed by atoms with van der Waals surface area (Å²) in [5.41, 5.74) is 7.46. The molecule has 0 aliphatic heterocycles. The van der Waals surface area contributed by atoms with Crippen molar-refractivity contribution in [1.82, 2.24) is 10.3 Å². The highest BCUT2D eigenvalue weighted by molar-refractivity contribution is 5.85. The fourth-order valence-corrected chi connectivity index (χ4v) is 0.827. The zero-order valence-electron chi connectivity index (χ0n) is 5.11. The first-order valence-corrected chi connectivity index (χ1v) is 2.85. The van der Waals surface area contributed by atoms with E-state index in [0.29, 0.717) is 16.7 Å². The Morgan fingerprint density at radius 2 is 2.20 bits per heavy atom. The van der Waals surface area contributed by atoms with Gasteiger partial charge in [-0.1, -0.05) is 6.07 Å². The monoisotopic (exact) mass is 135 g/mol. The van der Waals surface area contributed by atoms with E-state index in [0.717, 1.165) is 0 Å². The van der Waals surface area contributed by atoms with Crippen molar-refractivity contribution in [3.8, 4) is 0 Å². The molecule has 0 aliphatic carbocycles. The molecule has 2 aromatic rings. The van der Waals surface area contributed by atoms with Crippen molar-refractivity contribution in [2.75, 3.05) is 5.73 Å². The summed E-state index contributed by atoms with van der Waals surface area (Å²) < 4.78 is 4.47. The van der Waals surface area contributed by atoms with E-state index in [1.54, 1.807) is 12.1 Å². The Balaban J connectivity index is 2.95. The van der Waals surface area contributed by atoms with Gasteiger partial charge >= 0.3 is 0 Å². The van der Waals surface area contributed by atoms with Crippen LogP contribution < -0.4 is 5.73 Å². The summed E-state index contributed by atoms with van der Waals surface area (Å²) in [6.07, 6.45) is 0. The SMILES string of the molecule is Nc1cccc2nonc12. The predicted octanol–water partition coefficient (Wildman–Crippen LogP) is 0.805. The van der Waals surface area contributed by atoms with Crippen LogP contribution in [0.4, 0.5) is 5.69 Å². The summed E-state index contributed by atoms with van der Waals surface area (Å²) in [5.74, 6) is 0. The topological polar surface area (TPSA) is 64.9 Å². The van der Waals surface area contributed by atoms with E-state index < -0.39 is 0 Å². The van der Waals surface area contributed by atoms with Crippen LogP contribution in [0.3, 0.4) is 0 Å². The minimum absolute atomic E-state index is 0.596. The Hall–Kier alpha value is -1.58. The Bertz CT molecular complexity index is 355. The molecular formula is C6H5N3O. The van der Waals surface area contributed by atoms with E-state index in [4.69, 9.17) is 5.73 Å². The molecule has 0 saturated carbocycles. The molecular weight excluding hydrogens is 130 g/mol. The van der Waals surface area contributed by atoms with Gasteiger partial charge in [0.25, 0.3) is 0 Å². The first-order valence-electron chi connectivity index (χ1n) is 2.85. The predicted molar refractivity (Wildman–Crippen MR) is 36.2 cm³/mol. The normalized spacial score (nSPS) is 10.4. The van der Waals surface area contributed by atoms with Gasteiger partial charge in [0.05, 0.1) is 5.69 Å². The average Bonchev–Trinajstić information content (AvgIpc) is 2.36. The van der Waals surface area contributed by atoms with E-state index in [2.05, 4.69) is 14.9 Å². The molecule has 0 amide bonds. The number of benzene rings is 1. The summed E-state index contributed by atoms with van der Waals surface area (Å²) in [6, 6.07) is 5.36. The maximum absolute atomic E-state index is 5.54. The van der Waals surface area contributed by atoms with Gasteiger partial charge in [-0.3, -0.25) is 0 Å². The average molecular weight is 135 g/mol. The van der Waals surface area contributed by atoms with E-state index in [9.17, 15) is 0 Å². The minimum atomic E-state index is 0.596. The number of nitrogens with zero attached hydrogens (tertiary/aromatic N) is 2. The van der Waals surface area contributed by atoms with Crippen LogP contribution in [0.1, 0.15) is 0 Å². The smallest absolute Gasteiger partial charge is 0.158 e. The van der Waals surface area contributed by atoms with Crippen molar-refractivity contribution in [3.05, 3.63) is 18.2 Å². The second-order valence-electron chi connectivity index (χ2n) is 1.98. The molecule has 0 aliphatic rings. The molecule has 10 heavy (non-hydrogen) atoms. The molecule has 4 heteroatoms. The molecule has 1 heterocycles.